The zero-order valence-electron chi connectivity index (χ0n) is 12.4. The lowest BCUT2D eigenvalue weighted by atomic mass is 10.2. The topological polar surface area (TPSA) is 105 Å². The van der Waals surface area contributed by atoms with E-state index in [0.717, 1.165) is 16.9 Å². The number of hydrogen-bond donors (Lipinski definition) is 3. The van der Waals surface area contributed by atoms with E-state index in [1.807, 2.05) is 23.5 Å². The Labute approximate surface area is 136 Å². The Balaban J connectivity index is 2.24. The van der Waals surface area contributed by atoms with Crippen LogP contribution in [0.15, 0.2) is 35.6 Å². The van der Waals surface area contributed by atoms with Crippen LogP contribution in [0.4, 0.5) is 5.69 Å². The van der Waals surface area contributed by atoms with Gasteiger partial charge in [-0.05, 0) is 25.1 Å². The molecule has 0 atom stereocenters. The lowest BCUT2D eigenvalue weighted by Gasteiger charge is -2.06. The van der Waals surface area contributed by atoms with E-state index in [1.54, 1.807) is 29.8 Å². The van der Waals surface area contributed by atoms with Gasteiger partial charge in [-0.25, -0.2) is 15.8 Å². The number of nitrogens with zero attached hydrogens (tertiary/aromatic N) is 3. The van der Waals surface area contributed by atoms with Crippen molar-refractivity contribution in [2.45, 2.75) is 6.92 Å². The highest BCUT2D eigenvalue weighted by Crippen LogP contribution is 2.31. The first-order valence-electron chi connectivity index (χ1n) is 6.84. The fourth-order valence-corrected chi connectivity index (χ4v) is 3.12. The Hall–Kier alpha value is -2.55. The van der Waals surface area contributed by atoms with Crippen LogP contribution in [0.25, 0.3) is 16.2 Å². The largest absolute Gasteiger partial charge is 0.388 e. The molecule has 0 aromatic carbocycles. The van der Waals surface area contributed by atoms with Gasteiger partial charge < -0.3 is 10.5 Å². The summed E-state index contributed by atoms with van der Waals surface area (Å²) in [6.07, 6.45) is 4.20. The number of hydrazine groups is 1. The maximum atomic E-state index is 11.2. The standard InChI is InChI=1S/C15H15N5O2S/c1-9-2-3-13(23-9)12-5-17-15-11(18-14(8-22)19-16)4-10(7-21)6-20(12)15/h2-7,22H,8,16H2,1H3,(H,18,19). The zero-order chi connectivity index (χ0) is 16.4. The number of nitrogens with one attached hydrogen (secondary N) is 1. The molecule has 0 bridgehead atoms. The number of carbonyl (C=O) groups excluding carboxylic acids is 1. The van der Waals surface area contributed by atoms with Crippen molar-refractivity contribution >= 4 is 34.8 Å². The number of nitrogens with two attached hydrogens (primary N) is 1. The zero-order valence-corrected chi connectivity index (χ0v) is 13.2. The van der Waals surface area contributed by atoms with Crippen LogP contribution >= 0.6 is 11.3 Å². The molecule has 0 radical (unpaired) electrons. The molecule has 0 fully saturated rings. The van der Waals surface area contributed by atoms with E-state index in [-0.39, 0.29) is 12.4 Å². The van der Waals surface area contributed by atoms with Gasteiger partial charge in [0.1, 0.15) is 18.1 Å². The van der Waals surface area contributed by atoms with Crippen LogP contribution in [0.3, 0.4) is 0 Å². The maximum Gasteiger partial charge on any atom is 0.163 e. The number of amidine groups is 1. The van der Waals surface area contributed by atoms with E-state index in [1.165, 1.54) is 4.88 Å². The number of thiophene rings is 1. The van der Waals surface area contributed by atoms with Crippen molar-refractivity contribution in [2.75, 3.05) is 6.61 Å². The van der Waals surface area contributed by atoms with Gasteiger partial charge in [0, 0.05) is 16.6 Å². The number of fused-ring (bicyclic) bond motifs is 1. The average Bonchev–Trinajstić information content (AvgIpc) is 3.18. The Bertz CT molecular complexity index is 891. The maximum absolute atomic E-state index is 11.2. The van der Waals surface area contributed by atoms with Crippen LogP contribution in [0, 0.1) is 6.92 Å². The van der Waals surface area contributed by atoms with Gasteiger partial charge in [-0.3, -0.25) is 9.20 Å². The summed E-state index contributed by atoms with van der Waals surface area (Å²) in [4.78, 5) is 22.1. The Morgan fingerprint density at radius 2 is 2.39 bits per heavy atom. The molecule has 3 aromatic heterocycles. The van der Waals surface area contributed by atoms with Crippen molar-refractivity contribution in [2.24, 2.45) is 10.8 Å². The number of aliphatic hydroxyl groups is 1. The number of hydrogen-bond acceptors (Lipinski definition) is 6. The predicted molar refractivity (Wildman–Crippen MR) is 90.1 cm³/mol. The Kier molecular flexibility index (Phi) is 4.20. The summed E-state index contributed by atoms with van der Waals surface area (Å²) < 4.78 is 1.82. The molecule has 0 spiro atoms. The molecule has 0 unspecified atom stereocenters. The number of aliphatic imine (C=N–C) groups is 1. The summed E-state index contributed by atoms with van der Waals surface area (Å²) in [5.41, 5.74) is 4.69. The third-order valence-corrected chi connectivity index (χ3v) is 4.33. The van der Waals surface area contributed by atoms with E-state index in [2.05, 4.69) is 15.4 Å². The van der Waals surface area contributed by atoms with Crippen molar-refractivity contribution in [3.63, 3.8) is 0 Å². The summed E-state index contributed by atoms with van der Waals surface area (Å²) in [6, 6.07) is 5.65. The van der Waals surface area contributed by atoms with Crippen LogP contribution in [0.2, 0.25) is 0 Å². The van der Waals surface area contributed by atoms with Gasteiger partial charge in [-0.2, -0.15) is 0 Å². The SMILES string of the molecule is Cc1ccc(-c2cnc3c(N=C(CO)NN)cc(C=O)cn23)s1. The van der Waals surface area contributed by atoms with E-state index < -0.39 is 0 Å². The van der Waals surface area contributed by atoms with Crippen molar-refractivity contribution in [1.29, 1.82) is 0 Å². The molecule has 3 heterocycles. The first kappa shape index (κ1) is 15.3. The van der Waals surface area contributed by atoms with Gasteiger partial charge in [0.05, 0.1) is 16.8 Å². The van der Waals surface area contributed by atoms with Gasteiger partial charge in [0.15, 0.2) is 11.9 Å². The van der Waals surface area contributed by atoms with Crippen LogP contribution in [0.1, 0.15) is 15.2 Å². The molecule has 8 heteroatoms. The van der Waals surface area contributed by atoms with Crippen molar-refractivity contribution < 1.29 is 9.90 Å². The molecule has 0 saturated carbocycles. The molecular formula is C15H15N5O2S. The van der Waals surface area contributed by atoms with Gasteiger partial charge in [-0.15, -0.1) is 11.3 Å². The van der Waals surface area contributed by atoms with E-state index in [4.69, 9.17) is 5.84 Å². The molecule has 7 nitrogen and oxygen atoms in total. The molecule has 3 aromatic rings. The van der Waals surface area contributed by atoms with Crippen LogP contribution in [0.5, 0.6) is 0 Å². The summed E-state index contributed by atoms with van der Waals surface area (Å²) in [5.74, 6) is 5.50. The van der Waals surface area contributed by atoms with Gasteiger partial charge >= 0.3 is 0 Å². The van der Waals surface area contributed by atoms with Crippen molar-refractivity contribution in [1.82, 2.24) is 14.8 Å². The van der Waals surface area contributed by atoms with Gasteiger partial charge in [0.2, 0.25) is 0 Å². The number of aldehydes is 1. The molecule has 0 aliphatic carbocycles. The minimum Gasteiger partial charge on any atom is -0.388 e. The number of aromatic nitrogens is 2. The minimum atomic E-state index is -0.342. The summed E-state index contributed by atoms with van der Waals surface area (Å²) in [7, 11) is 0. The fraction of sp³-hybridized carbons (Fsp3) is 0.133. The van der Waals surface area contributed by atoms with E-state index >= 15 is 0 Å². The van der Waals surface area contributed by atoms with Crippen LogP contribution in [-0.4, -0.2) is 33.2 Å². The number of pyridine rings is 1. The normalized spacial score (nSPS) is 11.9. The lowest BCUT2D eigenvalue weighted by Crippen LogP contribution is -2.32. The highest BCUT2D eigenvalue weighted by atomic mass is 32.1. The molecule has 0 aliphatic heterocycles. The predicted octanol–water partition coefficient (Wildman–Crippen LogP) is 1.67. The molecule has 3 rings (SSSR count). The lowest BCUT2D eigenvalue weighted by molar-refractivity contribution is 0.112. The summed E-state index contributed by atoms with van der Waals surface area (Å²) >= 11 is 1.65. The number of imidazole rings is 1. The third-order valence-electron chi connectivity index (χ3n) is 3.31. The van der Waals surface area contributed by atoms with Gasteiger partial charge in [0.25, 0.3) is 0 Å². The van der Waals surface area contributed by atoms with Gasteiger partial charge in [-0.1, -0.05) is 0 Å². The Morgan fingerprint density at radius 1 is 1.57 bits per heavy atom. The smallest absolute Gasteiger partial charge is 0.163 e. The molecule has 23 heavy (non-hydrogen) atoms. The molecule has 0 aliphatic rings. The average molecular weight is 329 g/mol. The second kappa shape index (κ2) is 6.29. The molecule has 0 amide bonds. The monoisotopic (exact) mass is 329 g/mol. The second-order valence-electron chi connectivity index (χ2n) is 4.88. The number of carbonyl (C=O) groups is 1. The van der Waals surface area contributed by atoms with Crippen LogP contribution < -0.4 is 11.3 Å². The molecular weight excluding hydrogens is 314 g/mol. The highest BCUT2D eigenvalue weighted by molar-refractivity contribution is 7.15. The quantitative estimate of drug-likeness (QED) is 0.222. The van der Waals surface area contributed by atoms with E-state index in [0.29, 0.717) is 16.9 Å². The fourth-order valence-electron chi connectivity index (χ4n) is 2.25. The van der Waals surface area contributed by atoms with Crippen molar-refractivity contribution in [3.05, 3.63) is 41.0 Å². The Morgan fingerprint density at radius 3 is 3.00 bits per heavy atom. The first-order valence-corrected chi connectivity index (χ1v) is 7.66. The highest BCUT2D eigenvalue weighted by Gasteiger charge is 2.13. The second-order valence-corrected chi connectivity index (χ2v) is 6.17. The molecule has 4 N–H and O–H groups in total. The number of rotatable bonds is 4. The summed E-state index contributed by atoms with van der Waals surface area (Å²) in [5, 5.41) is 9.20. The molecule has 118 valence electrons. The van der Waals surface area contributed by atoms with E-state index in [9.17, 15) is 9.90 Å². The molecule has 0 saturated heterocycles. The number of aliphatic hydroxyl groups excluding tert-OH is 1. The van der Waals surface area contributed by atoms with Crippen molar-refractivity contribution in [3.8, 4) is 10.6 Å². The first-order chi connectivity index (χ1) is 11.2. The van der Waals surface area contributed by atoms with Crippen LogP contribution in [-0.2, 0) is 0 Å². The minimum absolute atomic E-state index is 0.187. The summed E-state index contributed by atoms with van der Waals surface area (Å²) in [6.45, 7) is 1.69. The third kappa shape index (κ3) is 2.87. The number of aryl methyl sites for hydroxylation is 1.